The van der Waals surface area contributed by atoms with Crippen LogP contribution < -0.4 is 10.1 Å². The van der Waals surface area contributed by atoms with Crippen LogP contribution in [0.5, 0.6) is 5.75 Å². The highest BCUT2D eigenvalue weighted by atomic mass is 16.5. The number of nitrogens with one attached hydrogen (secondary N) is 1. The molecule has 3 heteroatoms. The molecular formula is C19H21NO2. The van der Waals surface area contributed by atoms with Crippen molar-refractivity contribution >= 4 is 17.7 Å². The van der Waals surface area contributed by atoms with Gasteiger partial charge in [-0.25, -0.2) is 0 Å². The Hall–Kier alpha value is -2.55. The van der Waals surface area contributed by atoms with Crippen molar-refractivity contribution in [3.8, 4) is 5.75 Å². The molecule has 22 heavy (non-hydrogen) atoms. The molecule has 0 fully saturated rings. The smallest absolute Gasteiger partial charge is 0.248 e. The molecule has 0 atom stereocenters. The third-order valence-electron chi connectivity index (χ3n) is 3.08. The van der Waals surface area contributed by atoms with Crippen molar-refractivity contribution < 1.29 is 9.53 Å². The van der Waals surface area contributed by atoms with Crippen molar-refractivity contribution in [2.45, 2.75) is 20.3 Å². The van der Waals surface area contributed by atoms with E-state index in [9.17, 15) is 4.79 Å². The Balaban J connectivity index is 2.03. The van der Waals surface area contributed by atoms with E-state index in [1.54, 1.807) is 6.08 Å². The number of hydrogen-bond donors (Lipinski definition) is 1. The summed E-state index contributed by atoms with van der Waals surface area (Å²) < 4.78 is 5.67. The van der Waals surface area contributed by atoms with Crippen molar-refractivity contribution in [3.63, 3.8) is 0 Å². The van der Waals surface area contributed by atoms with Gasteiger partial charge in [-0.1, -0.05) is 37.3 Å². The Morgan fingerprint density at radius 3 is 2.77 bits per heavy atom. The minimum Gasteiger partial charge on any atom is -0.493 e. The highest BCUT2D eigenvalue weighted by Crippen LogP contribution is 2.19. The van der Waals surface area contributed by atoms with E-state index < -0.39 is 0 Å². The lowest BCUT2D eigenvalue weighted by atomic mass is 10.2. The molecule has 3 nitrogen and oxygen atoms in total. The molecule has 0 radical (unpaired) electrons. The fraction of sp³-hybridized carbons (Fsp3) is 0.211. The number of para-hydroxylation sites is 1. The first-order valence-corrected chi connectivity index (χ1v) is 7.46. The van der Waals surface area contributed by atoms with Crippen LogP contribution in [0.2, 0.25) is 0 Å². The van der Waals surface area contributed by atoms with Crippen molar-refractivity contribution in [2.75, 3.05) is 11.9 Å². The van der Waals surface area contributed by atoms with E-state index in [2.05, 4.69) is 12.2 Å². The van der Waals surface area contributed by atoms with Gasteiger partial charge in [0.15, 0.2) is 0 Å². The minimum absolute atomic E-state index is 0.157. The monoisotopic (exact) mass is 295 g/mol. The summed E-state index contributed by atoms with van der Waals surface area (Å²) in [6.45, 7) is 4.72. The maximum atomic E-state index is 12.0. The SMILES string of the molecule is CCCOc1ccccc1/C=C/C(=O)Nc1cccc(C)c1. The predicted molar refractivity (Wildman–Crippen MR) is 91.1 cm³/mol. The molecule has 0 aliphatic carbocycles. The molecular weight excluding hydrogens is 274 g/mol. The van der Waals surface area contributed by atoms with Crippen molar-refractivity contribution in [2.24, 2.45) is 0 Å². The molecule has 0 heterocycles. The second-order valence-electron chi connectivity index (χ2n) is 5.08. The highest BCUT2D eigenvalue weighted by molar-refractivity contribution is 6.02. The lowest BCUT2D eigenvalue weighted by Gasteiger charge is -2.07. The fourth-order valence-electron chi connectivity index (χ4n) is 2.03. The quantitative estimate of drug-likeness (QED) is 0.800. The summed E-state index contributed by atoms with van der Waals surface area (Å²) in [6, 6.07) is 15.4. The highest BCUT2D eigenvalue weighted by Gasteiger charge is 2.01. The molecule has 1 amide bonds. The topological polar surface area (TPSA) is 38.3 Å². The number of benzene rings is 2. The van der Waals surface area contributed by atoms with E-state index in [4.69, 9.17) is 4.74 Å². The number of carbonyl (C=O) groups excluding carboxylic acids is 1. The Bertz CT molecular complexity index is 662. The molecule has 0 saturated carbocycles. The molecule has 0 aliphatic heterocycles. The normalized spacial score (nSPS) is 10.6. The first-order chi connectivity index (χ1) is 10.7. The van der Waals surface area contributed by atoms with E-state index in [0.717, 1.165) is 29.0 Å². The molecule has 2 aromatic carbocycles. The Kier molecular flexibility index (Phi) is 5.78. The zero-order chi connectivity index (χ0) is 15.8. The number of amides is 1. The van der Waals surface area contributed by atoms with Crippen LogP contribution >= 0.6 is 0 Å². The summed E-state index contributed by atoms with van der Waals surface area (Å²) in [6.07, 6.45) is 4.25. The number of rotatable bonds is 6. The third kappa shape index (κ3) is 4.77. The number of ether oxygens (including phenoxy) is 1. The van der Waals surface area contributed by atoms with Gasteiger partial charge in [-0.3, -0.25) is 4.79 Å². The summed E-state index contributed by atoms with van der Waals surface area (Å²) in [5.41, 5.74) is 2.81. The van der Waals surface area contributed by atoms with E-state index in [-0.39, 0.29) is 5.91 Å². The van der Waals surface area contributed by atoms with Gasteiger partial charge in [-0.15, -0.1) is 0 Å². The second kappa shape index (κ2) is 8.03. The minimum atomic E-state index is -0.157. The van der Waals surface area contributed by atoms with Crippen LogP contribution in [0.4, 0.5) is 5.69 Å². The van der Waals surface area contributed by atoms with E-state index >= 15 is 0 Å². The largest absolute Gasteiger partial charge is 0.493 e. The van der Waals surface area contributed by atoms with Crippen LogP contribution in [0.15, 0.2) is 54.6 Å². The number of hydrogen-bond acceptors (Lipinski definition) is 2. The molecule has 0 aromatic heterocycles. The van der Waals surface area contributed by atoms with Gasteiger partial charge >= 0.3 is 0 Å². The first-order valence-electron chi connectivity index (χ1n) is 7.46. The maximum absolute atomic E-state index is 12.0. The molecule has 2 aromatic rings. The molecule has 114 valence electrons. The van der Waals surface area contributed by atoms with Gasteiger partial charge < -0.3 is 10.1 Å². The van der Waals surface area contributed by atoms with Gasteiger partial charge in [0.05, 0.1) is 6.61 Å². The average molecular weight is 295 g/mol. The van der Waals surface area contributed by atoms with E-state index in [1.807, 2.05) is 55.5 Å². The van der Waals surface area contributed by atoms with Crippen molar-refractivity contribution in [1.82, 2.24) is 0 Å². The van der Waals surface area contributed by atoms with Crippen LogP contribution in [0.3, 0.4) is 0 Å². The van der Waals surface area contributed by atoms with Gasteiger partial charge in [0.1, 0.15) is 5.75 Å². The van der Waals surface area contributed by atoms with Gasteiger partial charge in [-0.2, -0.15) is 0 Å². The number of carbonyl (C=O) groups is 1. The lowest BCUT2D eigenvalue weighted by molar-refractivity contribution is -0.111. The summed E-state index contributed by atoms with van der Waals surface area (Å²) in [4.78, 5) is 12.0. The van der Waals surface area contributed by atoms with Gasteiger partial charge in [0.2, 0.25) is 5.91 Å². The van der Waals surface area contributed by atoms with E-state index in [0.29, 0.717) is 6.61 Å². The second-order valence-corrected chi connectivity index (χ2v) is 5.08. The Morgan fingerprint density at radius 2 is 2.00 bits per heavy atom. The van der Waals surface area contributed by atoms with Gasteiger partial charge in [0.25, 0.3) is 0 Å². The van der Waals surface area contributed by atoms with Crippen LogP contribution in [-0.2, 0) is 4.79 Å². The maximum Gasteiger partial charge on any atom is 0.248 e. The molecule has 1 N–H and O–H groups in total. The van der Waals surface area contributed by atoms with Crippen LogP contribution in [0.1, 0.15) is 24.5 Å². The van der Waals surface area contributed by atoms with E-state index in [1.165, 1.54) is 6.08 Å². The number of aryl methyl sites for hydroxylation is 1. The summed E-state index contributed by atoms with van der Waals surface area (Å²) in [5.74, 6) is 0.639. The fourth-order valence-corrected chi connectivity index (χ4v) is 2.03. The lowest BCUT2D eigenvalue weighted by Crippen LogP contribution is -2.07. The third-order valence-corrected chi connectivity index (χ3v) is 3.08. The average Bonchev–Trinajstić information content (AvgIpc) is 2.51. The van der Waals surface area contributed by atoms with Gasteiger partial charge in [-0.05, 0) is 43.2 Å². The van der Waals surface area contributed by atoms with Crippen LogP contribution in [-0.4, -0.2) is 12.5 Å². The Labute approximate surface area is 131 Å². The molecule has 0 bridgehead atoms. The molecule has 0 aliphatic rings. The zero-order valence-electron chi connectivity index (χ0n) is 13.0. The predicted octanol–water partition coefficient (Wildman–Crippen LogP) is 4.44. The summed E-state index contributed by atoms with van der Waals surface area (Å²) in [5, 5.41) is 2.85. The summed E-state index contributed by atoms with van der Waals surface area (Å²) in [7, 11) is 0. The van der Waals surface area contributed by atoms with Gasteiger partial charge in [0, 0.05) is 17.3 Å². The zero-order valence-corrected chi connectivity index (χ0v) is 13.0. The van der Waals surface area contributed by atoms with Crippen LogP contribution in [0.25, 0.3) is 6.08 Å². The number of anilines is 1. The first kappa shape index (κ1) is 15.8. The molecule has 0 unspecified atom stereocenters. The molecule has 0 spiro atoms. The molecule has 0 saturated heterocycles. The van der Waals surface area contributed by atoms with Crippen molar-refractivity contribution in [3.05, 3.63) is 65.7 Å². The van der Waals surface area contributed by atoms with Crippen LogP contribution in [0, 0.1) is 6.92 Å². The molecule has 2 rings (SSSR count). The van der Waals surface area contributed by atoms with Crippen molar-refractivity contribution in [1.29, 1.82) is 0 Å². The Morgan fingerprint density at radius 1 is 1.18 bits per heavy atom. The standard InChI is InChI=1S/C19H21NO2/c1-3-13-22-18-10-5-4-8-16(18)11-12-19(21)20-17-9-6-7-15(2)14-17/h4-12,14H,3,13H2,1-2H3,(H,20,21)/b12-11+. The summed E-state index contributed by atoms with van der Waals surface area (Å²) >= 11 is 0.